The van der Waals surface area contributed by atoms with Crippen LogP contribution >= 0.6 is 21.6 Å². The quantitative estimate of drug-likeness (QED) is 0.0172. The van der Waals surface area contributed by atoms with Gasteiger partial charge < -0.3 is 70.5 Å². The third-order valence-electron chi connectivity index (χ3n) is 10.7. The maximum atomic E-state index is 14.1. The molecule has 12 N–H and O–H groups in total. The number of guanidine groups is 1. The number of aliphatic imine (C=N–C) groups is 1. The van der Waals surface area contributed by atoms with Crippen molar-refractivity contribution in [3.8, 4) is 0 Å². The van der Waals surface area contributed by atoms with Gasteiger partial charge in [0.05, 0.1) is 49.1 Å². The average molecular weight is 859 g/mol. The molecule has 2 fully saturated rings. The first-order chi connectivity index (χ1) is 27.9. The number of nitrogens with one attached hydrogen (secondary N) is 3. The smallest absolute Gasteiger partial charge is 0.343 e. The number of fused-ring (bicyclic) bond motifs is 4. The molecule has 324 valence electrons. The van der Waals surface area contributed by atoms with Gasteiger partial charge in [0.1, 0.15) is 42.7 Å². The summed E-state index contributed by atoms with van der Waals surface area (Å²) in [5, 5.41) is 78.3. The maximum Gasteiger partial charge on any atom is 0.343 e. The summed E-state index contributed by atoms with van der Waals surface area (Å²) in [5.41, 5.74) is 6.73. The summed E-state index contributed by atoms with van der Waals surface area (Å²) >= 11 is 0. The zero-order valence-corrected chi connectivity index (χ0v) is 33.8. The number of allylic oxidation sites excluding steroid dienone is 1. The monoisotopic (exact) mass is 858 g/mol. The van der Waals surface area contributed by atoms with Crippen LogP contribution in [0.5, 0.6) is 0 Å². The lowest BCUT2D eigenvalue weighted by Crippen LogP contribution is -3.13. The van der Waals surface area contributed by atoms with Crippen LogP contribution in [0.25, 0.3) is 0 Å². The Morgan fingerprint density at radius 3 is 2.66 bits per heavy atom. The molecule has 0 aromatic carbocycles. The van der Waals surface area contributed by atoms with Crippen LogP contribution in [0.4, 0.5) is 0 Å². The second-order valence-electron chi connectivity index (χ2n) is 14.5. The molecule has 0 spiro atoms. The van der Waals surface area contributed by atoms with Crippen molar-refractivity contribution >= 4 is 39.5 Å². The molecule has 0 amide bonds. The Morgan fingerprint density at radius 1 is 1.19 bits per heavy atom. The Morgan fingerprint density at radius 2 is 1.97 bits per heavy atom. The van der Waals surface area contributed by atoms with E-state index in [0.29, 0.717) is 34.8 Å². The number of carboxylic acids is 1. The van der Waals surface area contributed by atoms with Gasteiger partial charge in [0.2, 0.25) is 12.1 Å². The molecular formula is C37H56N5O14S2+. The maximum absolute atomic E-state index is 14.1. The van der Waals surface area contributed by atoms with E-state index in [2.05, 4.69) is 22.2 Å². The number of nitrogens with zero attached hydrogens (tertiary/aromatic N) is 1. The number of nitrogens with two attached hydrogens (primary N) is 1. The van der Waals surface area contributed by atoms with Crippen molar-refractivity contribution in [1.29, 1.82) is 0 Å². The summed E-state index contributed by atoms with van der Waals surface area (Å²) in [7, 11) is 4.71. The predicted octanol–water partition coefficient (Wildman–Crippen LogP) is -2.59. The van der Waals surface area contributed by atoms with Gasteiger partial charge in [-0.3, -0.25) is 15.2 Å². The molecule has 4 heterocycles. The number of carbonyl (C=O) groups excluding carboxylic acids is 1. The van der Waals surface area contributed by atoms with Gasteiger partial charge in [0.15, 0.2) is 18.4 Å². The standard InChI is InChI=1S/C37H55N5O14S2/c1-3-23-24-9-8-20-12-42(13-25(32(47)48)29(20)41-36(38)40-10-5-11-43)22(14-44)18-58-57-17-21-6-4-7-27(21)54-33(49)26(24)16-52-34(23)56-35-31(53-19-39-2)37(50,51)30(46)28(15-45)55-35/h3,8-9,13,16,21-24,27-28,30-31,34-35,39,43-46,50-51H,1,4-7,10-12,14-15,17-19H2,2H3,(H,47,48)(H3,38,40,41)/p+1/b9-8+/t21-,22+,23+,24-,27-,28+,30+,31-,34-,35-/m0/s1. The summed E-state index contributed by atoms with van der Waals surface area (Å²) in [6, 6.07) is -0.394. The zero-order chi connectivity index (χ0) is 42.0. The number of esters is 1. The van der Waals surface area contributed by atoms with E-state index in [1.54, 1.807) is 40.8 Å². The molecule has 2 bridgehead atoms. The fourth-order valence-corrected chi connectivity index (χ4v) is 10.3. The van der Waals surface area contributed by atoms with E-state index in [1.165, 1.54) is 18.5 Å². The highest BCUT2D eigenvalue weighted by Crippen LogP contribution is 2.40. The minimum absolute atomic E-state index is 0.0749. The summed E-state index contributed by atoms with van der Waals surface area (Å²) in [6.45, 7) is 2.99. The minimum atomic E-state index is -2.94. The molecule has 19 nitrogen and oxygen atoms in total. The fourth-order valence-electron chi connectivity index (χ4n) is 7.46. The molecular weight excluding hydrogens is 803 g/mol. The van der Waals surface area contributed by atoms with Crippen molar-refractivity contribution in [2.24, 2.45) is 28.5 Å². The molecule has 21 heteroatoms. The van der Waals surface area contributed by atoms with E-state index in [1.807, 2.05) is 0 Å². The first-order valence-corrected chi connectivity index (χ1v) is 21.6. The topological polar surface area (TPSA) is 289 Å². The lowest BCUT2D eigenvalue weighted by atomic mass is 9.83. The second-order valence-corrected chi connectivity index (χ2v) is 17.1. The van der Waals surface area contributed by atoms with E-state index in [-0.39, 0.29) is 67.9 Å². The number of aliphatic hydroxyl groups is 6. The van der Waals surface area contributed by atoms with E-state index in [4.69, 9.17) is 29.4 Å². The van der Waals surface area contributed by atoms with Gasteiger partial charge in [-0.05, 0) is 32.7 Å². The largest absolute Gasteiger partial charge is 0.477 e. The van der Waals surface area contributed by atoms with Crippen LogP contribution < -0.4 is 21.3 Å². The number of carbonyl (C=O) groups is 2. The zero-order valence-electron chi connectivity index (χ0n) is 32.2. The van der Waals surface area contributed by atoms with Crippen molar-refractivity contribution in [2.75, 3.05) is 58.2 Å². The SMILES string of the molecule is C=C[C@H]1[C@H](O[C@@H]2O[C@H](CO)[C@@H](O)C(O)(O)[C@H]2OCNC)OC=C2C(=O)O[C@H]3CCC[C@H]3CSSC[C@@H](CO)[NH+]3C=C(C(=O)O)C(NC(N)=NCCCO)=C(/C=C/[C@H]21)C3. The number of ether oxygens (including phenoxy) is 5. The van der Waals surface area contributed by atoms with Crippen molar-refractivity contribution in [2.45, 2.75) is 74.5 Å². The van der Waals surface area contributed by atoms with Gasteiger partial charge in [0.25, 0.3) is 0 Å². The first kappa shape index (κ1) is 46.0. The van der Waals surface area contributed by atoms with Gasteiger partial charge in [-0.2, -0.15) is 0 Å². The highest BCUT2D eigenvalue weighted by atomic mass is 33.1. The molecule has 0 radical (unpaired) electrons. The van der Waals surface area contributed by atoms with Gasteiger partial charge in [-0.1, -0.05) is 39.8 Å². The van der Waals surface area contributed by atoms with Crippen LogP contribution in [-0.2, 0) is 33.3 Å². The molecule has 1 saturated heterocycles. The number of aliphatic carboxylic acids is 1. The number of rotatable bonds is 13. The lowest BCUT2D eigenvalue weighted by molar-refractivity contribution is -0.867. The Bertz CT molecular complexity index is 1610. The summed E-state index contributed by atoms with van der Waals surface area (Å²) < 4.78 is 29.7. The van der Waals surface area contributed by atoms with Crippen LogP contribution in [0, 0.1) is 17.8 Å². The molecule has 0 aromatic heterocycles. The van der Waals surface area contributed by atoms with Gasteiger partial charge in [-0.15, -0.1) is 6.58 Å². The van der Waals surface area contributed by atoms with Crippen LogP contribution in [0.15, 0.2) is 64.7 Å². The summed E-state index contributed by atoms with van der Waals surface area (Å²) in [5.74, 6) is -5.51. The number of hydrogen-bond donors (Lipinski definition) is 11. The van der Waals surface area contributed by atoms with E-state index < -0.39 is 73.1 Å². The average Bonchev–Trinajstić information content (AvgIpc) is 3.64. The van der Waals surface area contributed by atoms with Crippen molar-refractivity contribution in [3.63, 3.8) is 0 Å². The van der Waals surface area contributed by atoms with E-state index in [0.717, 1.165) is 12.8 Å². The number of carboxylic acid groups (broad SMARTS) is 1. The van der Waals surface area contributed by atoms with Gasteiger partial charge in [-0.25, -0.2) is 9.59 Å². The van der Waals surface area contributed by atoms with Crippen LogP contribution in [0.3, 0.4) is 0 Å². The minimum Gasteiger partial charge on any atom is -0.477 e. The van der Waals surface area contributed by atoms with E-state index in [9.17, 15) is 45.3 Å². The Hall–Kier alpha value is -3.03. The third kappa shape index (κ3) is 10.8. The number of hydrogen-bond acceptors (Lipinski definition) is 17. The lowest BCUT2D eigenvalue weighted by Gasteiger charge is -2.47. The third-order valence-corrected chi connectivity index (χ3v) is 13.3. The normalized spacial score (nSPS) is 35.1. The van der Waals surface area contributed by atoms with Crippen molar-refractivity contribution in [3.05, 3.63) is 59.7 Å². The Balaban J connectivity index is 1.59. The highest BCUT2D eigenvalue weighted by molar-refractivity contribution is 8.76. The molecule has 5 rings (SSSR count). The number of quaternary nitrogens is 1. The molecule has 1 aliphatic carbocycles. The van der Waals surface area contributed by atoms with Gasteiger partial charge in [0, 0.05) is 36.3 Å². The molecule has 11 atom stereocenters. The highest BCUT2D eigenvalue weighted by Gasteiger charge is 2.57. The van der Waals surface area contributed by atoms with Crippen molar-refractivity contribution in [1.82, 2.24) is 10.6 Å². The molecule has 1 unspecified atom stereocenters. The molecule has 4 aliphatic heterocycles. The van der Waals surface area contributed by atoms with Crippen LogP contribution in [0.1, 0.15) is 25.7 Å². The molecule has 0 aromatic rings. The fraction of sp³-hybridized carbons (Fsp3) is 0.649. The molecule has 5 aliphatic rings. The van der Waals surface area contributed by atoms with E-state index >= 15 is 0 Å². The summed E-state index contributed by atoms with van der Waals surface area (Å²) in [4.78, 5) is 31.8. The first-order valence-electron chi connectivity index (χ1n) is 19.1. The van der Waals surface area contributed by atoms with Crippen LogP contribution in [-0.4, -0.2) is 161 Å². The second kappa shape index (κ2) is 21.5. The Labute approximate surface area is 344 Å². The molecule has 58 heavy (non-hydrogen) atoms. The van der Waals surface area contributed by atoms with Crippen molar-refractivity contribution < 1.29 is 73.9 Å². The predicted molar refractivity (Wildman–Crippen MR) is 211 cm³/mol. The van der Waals surface area contributed by atoms with Gasteiger partial charge >= 0.3 is 11.9 Å². The number of aliphatic hydroxyl groups excluding tert-OH is 4. The Kier molecular flexibility index (Phi) is 17.0. The van der Waals surface area contributed by atoms with Crippen LogP contribution in [0.2, 0.25) is 0 Å². The molecule has 1 saturated carbocycles. The summed E-state index contributed by atoms with van der Waals surface area (Å²) in [6.07, 6.45) is 1.71.